The van der Waals surface area contributed by atoms with Crippen molar-refractivity contribution in [2.75, 3.05) is 11.1 Å². The maximum absolute atomic E-state index is 6.72. The van der Waals surface area contributed by atoms with Crippen LogP contribution in [0.3, 0.4) is 0 Å². The molecule has 0 amide bonds. The van der Waals surface area contributed by atoms with Gasteiger partial charge in [0, 0.05) is 33.6 Å². The normalized spacial score (nSPS) is 21.0. The van der Waals surface area contributed by atoms with Crippen molar-refractivity contribution in [3.63, 3.8) is 0 Å². The number of allylic oxidation sites excluding steroid dienone is 2. The van der Waals surface area contributed by atoms with Crippen LogP contribution < -0.4 is 11.1 Å². The van der Waals surface area contributed by atoms with Crippen molar-refractivity contribution in [2.24, 2.45) is 5.41 Å². The van der Waals surface area contributed by atoms with Gasteiger partial charge in [-0.3, -0.25) is 0 Å². The Morgan fingerprint density at radius 2 is 2.04 bits per heavy atom. The van der Waals surface area contributed by atoms with Gasteiger partial charge < -0.3 is 11.1 Å². The van der Waals surface area contributed by atoms with Gasteiger partial charge in [0.15, 0.2) is 0 Å². The van der Waals surface area contributed by atoms with E-state index in [1.54, 1.807) is 0 Å². The summed E-state index contributed by atoms with van der Waals surface area (Å²) in [4.78, 5) is 4.96. The first kappa shape index (κ1) is 16.5. The van der Waals surface area contributed by atoms with Crippen LogP contribution in [0.4, 0.5) is 11.5 Å². The third-order valence-corrected chi connectivity index (χ3v) is 5.79. The lowest BCUT2D eigenvalue weighted by atomic mass is 9.74. The Hall–Kier alpha value is -2.00. The number of nitrogens with zero attached hydrogens (tertiary/aromatic N) is 1. The van der Waals surface area contributed by atoms with E-state index in [4.69, 9.17) is 22.3 Å². The molecule has 4 rings (SSSR count). The minimum Gasteiger partial charge on any atom is -0.398 e. The zero-order valence-electron chi connectivity index (χ0n) is 15.0. The molecule has 25 heavy (non-hydrogen) atoms. The quantitative estimate of drug-likeness (QED) is 0.732. The second kappa shape index (κ2) is 5.77. The lowest BCUT2D eigenvalue weighted by Crippen LogP contribution is -2.27. The second-order valence-electron chi connectivity index (χ2n) is 8.03. The zero-order valence-corrected chi connectivity index (χ0v) is 15.7. The summed E-state index contributed by atoms with van der Waals surface area (Å²) in [6.07, 6.45) is 5.31. The van der Waals surface area contributed by atoms with E-state index < -0.39 is 0 Å². The van der Waals surface area contributed by atoms with E-state index >= 15 is 0 Å². The van der Waals surface area contributed by atoms with Crippen molar-refractivity contribution in [1.82, 2.24) is 4.98 Å². The van der Waals surface area contributed by atoms with Gasteiger partial charge in [0.1, 0.15) is 5.82 Å². The first-order valence-electron chi connectivity index (χ1n) is 8.87. The van der Waals surface area contributed by atoms with E-state index in [9.17, 15) is 0 Å². The molecule has 0 radical (unpaired) electrons. The van der Waals surface area contributed by atoms with Gasteiger partial charge in [-0.05, 0) is 48.8 Å². The molecule has 0 saturated heterocycles. The van der Waals surface area contributed by atoms with Crippen molar-refractivity contribution in [1.29, 1.82) is 0 Å². The number of aromatic nitrogens is 1. The Bertz CT molecular complexity index is 883. The minimum absolute atomic E-state index is 0.0350. The third kappa shape index (κ3) is 2.81. The summed E-state index contributed by atoms with van der Waals surface area (Å²) in [6, 6.07) is 8.00. The van der Waals surface area contributed by atoms with Crippen molar-refractivity contribution >= 4 is 23.1 Å². The average molecular weight is 354 g/mol. The molecule has 130 valence electrons. The summed E-state index contributed by atoms with van der Waals surface area (Å²) in [5.41, 5.74) is 13.5. The molecule has 0 unspecified atom stereocenters. The number of nitrogen functional groups attached to an aromatic ring is 1. The number of nitrogens with two attached hydrogens (primary N) is 1. The standard InChI is InChI=1S/C21H24ClN3/c1-12-10-14(13-6-4-5-7-16(13)22)18-19(23)15-11-21(2,3)9-8-17(15)25-20(18)24-12/h4-7,10,14H,8-9,11H2,1-3H3,(H3,23,24,25)/t14-/m0/s1. The Kier molecular flexibility index (Phi) is 3.80. The summed E-state index contributed by atoms with van der Waals surface area (Å²) >= 11 is 6.50. The van der Waals surface area contributed by atoms with Crippen LogP contribution in [0.2, 0.25) is 5.02 Å². The first-order chi connectivity index (χ1) is 11.9. The van der Waals surface area contributed by atoms with E-state index in [1.165, 1.54) is 5.56 Å². The number of hydrogen-bond acceptors (Lipinski definition) is 3. The van der Waals surface area contributed by atoms with Gasteiger partial charge in [-0.2, -0.15) is 0 Å². The fourth-order valence-corrected chi connectivity index (χ4v) is 4.33. The number of nitrogens with one attached hydrogen (secondary N) is 1. The van der Waals surface area contributed by atoms with Crippen LogP contribution in [0.1, 0.15) is 55.5 Å². The number of aryl methyl sites for hydroxylation is 1. The molecule has 0 fully saturated rings. The van der Waals surface area contributed by atoms with Gasteiger partial charge in [0.2, 0.25) is 0 Å². The van der Waals surface area contributed by atoms with E-state index in [0.29, 0.717) is 0 Å². The molecular weight excluding hydrogens is 330 g/mol. The van der Waals surface area contributed by atoms with Crippen LogP contribution in [0, 0.1) is 5.41 Å². The van der Waals surface area contributed by atoms with Crippen molar-refractivity contribution in [3.8, 4) is 0 Å². The zero-order chi connectivity index (χ0) is 17.8. The number of anilines is 2. The maximum Gasteiger partial charge on any atom is 0.136 e. The van der Waals surface area contributed by atoms with Gasteiger partial charge in [0.25, 0.3) is 0 Å². The highest BCUT2D eigenvalue weighted by Crippen LogP contribution is 2.46. The fraction of sp³-hybridized carbons (Fsp3) is 0.381. The van der Waals surface area contributed by atoms with Gasteiger partial charge in [-0.15, -0.1) is 0 Å². The predicted molar refractivity (Wildman–Crippen MR) is 105 cm³/mol. The molecule has 3 nitrogen and oxygen atoms in total. The van der Waals surface area contributed by atoms with E-state index in [-0.39, 0.29) is 11.3 Å². The van der Waals surface area contributed by atoms with E-state index in [2.05, 4.69) is 38.2 Å². The SMILES string of the molecule is CC1=C[C@@H](c2ccccc2Cl)c2c(nc3c(c2N)CC(C)(C)CC3)N1. The van der Waals surface area contributed by atoms with E-state index in [1.807, 2.05) is 18.2 Å². The Morgan fingerprint density at radius 1 is 1.28 bits per heavy atom. The average Bonchev–Trinajstić information content (AvgIpc) is 2.55. The summed E-state index contributed by atoms with van der Waals surface area (Å²) in [5, 5.41) is 4.18. The molecule has 2 aromatic rings. The van der Waals surface area contributed by atoms with Crippen LogP contribution in [-0.4, -0.2) is 4.98 Å². The van der Waals surface area contributed by atoms with Gasteiger partial charge in [-0.1, -0.05) is 49.7 Å². The largest absolute Gasteiger partial charge is 0.398 e. The Balaban J connectivity index is 1.92. The van der Waals surface area contributed by atoms with Crippen LogP contribution >= 0.6 is 11.6 Å². The Labute approximate surface area is 154 Å². The van der Waals surface area contributed by atoms with Crippen molar-refractivity contribution in [2.45, 2.75) is 46.0 Å². The minimum atomic E-state index is 0.0350. The molecule has 2 heterocycles. The van der Waals surface area contributed by atoms with Crippen molar-refractivity contribution < 1.29 is 0 Å². The Morgan fingerprint density at radius 3 is 2.80 bits per heavy atom. The smallest absolute Gasteiger partial charge is 0.136 e. The van der Waals surface area contributed by atoms with Crippen LogP contribution in [0.15, 0.2) is 36.0 Å². The summed E-state index contributed by atoms with van der Waals surface area (Å²) in [6.45, 7) is 6.68. The highest BCUT2D eigenvalue weighted by molar-refractivity contribution is 6.31. The highest BCUT2D eigenvalue weighted by Gasteiger charge is 2.33. The molecule has 1 atom stereocenters. The molecule has 3 N–H and O–H groups in total. The molecule has 1 aromatic carbocycles. The van der Waals surface area contributed by atoms with E-state index in [0.717, 1.165) is 58.3 Å². The number of halogens is 1. The number of hydrogen-bond donors (Lipinski definition) is 2. The van der Waals surface area contributed by atoms with Crippen molar-refractivity contribution in [3.05, 3.63) is 63.4 Å². The number of benzene rings is 1. The van der Waals surface area contributed by atoms with Crippen LogP contribution in [0.5, 0.6) is 0 Å². The van der Waals surface area contributed by atoms with Crippen LogP contribution in [0.25, 0.3) is 0 Å². The second-order valence-corrected chi connectivity index (χ2v) is 8.44. The summed E-state index contributed by atoms with van der Waals surface area (Å²) in [7, 11) is 0. The number of rotatable bonds is 1. The van der Waals surface area contributed by atoms with Gasteiger partial charge in [0.05, 0.1) is 0 Å². The molecule has 0 saturated carbocycles. The van der Waals surface area contributed by atoms with Gasteiger partial charge >= 0.3 is 0 Å². The molecule has 0 spiro atoms. The highest BCUT2D eigenvalue weighted by atomic mass is 35.5. The molecule has 1 aliphatic carbocycles. The molecule has 1 aliphatic heterocycles. The molecule has 2 aliphatic rings. The third-order valence-electron chi connectivity index (χ3n) is 5.44. The number of pyridine rings is 1. The van der Waals surface area contributed by atoms with Crippen LogP contribution in [-0.2, 0) is 12.8 Å². The molecule has 4 heteroatoms. The predicted octanol–water partition coefficient (Wildman–Crippen LogP) is 5.29. The summed E-state index contributed by atoms with van der Waals surface area (Å²) in [5.74, 6) is 0.925. The molecular formula is C21H24ClN3. The molecule has 0 bridgehead atoms. The summed E-state index contributed by atoms with van der Waals surface area (Å²) < 4.78 is 0. The fourth-order valence-electron chi connectivity index (χ4n) is 4.08. The van der Waals surface area contributed by atoms with Gasteiger partial charge in [-0.25, -0.2) is 4.98 Å². The maximum atomic E-state index is 6.72. The topological polar surface area (TPSA) is 50.9 Å². The lowest BCUT2D eigenvalue weighted by molar-refractivity contribution is 0.313. The monoisotopic (exact) mass is 353 g/mol. The molecule has 1 aromatic heterocycles. The first-order valence-corrected chi connectivity index (χ1v) is 9.24. The number of fused-ring (bicyclic) bond motifs is 2. The lowest BCUT2D eigenvalue weighted by Gasteiger charge is -2.35.